The smallest absolute Gasteiger partial charge is 0.0715 e. The van der Waals surface area contributed by atoms with E-state index in [4.69, 9.17) is 0 Å². The Labute approximate surface area is 67.8 Å². The van der Waals surface area contributed by atoms with Crippen molar-refractivity contribution in [2.45, 2.75) is 18.9 Å². The molecule has 0 saturated carbocycles. The van der Waals surface area contributed by atoms with Crippen LogP contribution in [0.25, 0.3) is 0 Å². The van der Waals surface area contributed by atoms with Crippen LogP contribution in [0.2, 0.25) is 0 Å². The van der Waals surface area contributed by atoms with Crippen LogP contribution in [0, 0.1) is 0 Å². The zero-order valence-corrected chi connectivity index (χ0v) is 6.79. The molecule has 11 heavy (non-hydrogen) atoms. The third kappa shape index (κ3) is 2.09. The SMILES string of the molecule is C=CC(=C)N1CCCC(O)C1. The van der Waals surface area contributed by atoms with E-state index < -0.39 is 0 Å². The van der Waals surface area contributed by atoms with Crippen molar-refractivity contribution in [3.63, 3.8) is 0 Å². The van der Waals surface area contributed by atoms with Crippen molar-refractivity contribution in [3.8, 4) is 0 Å². The van der Waals surface area contributed by atoms with E-state index in [2.05, 4.69) is 18.1 Å². The van der Waals surface area contributed by atoms with E-state index in [0.717, 1.165) is 25.1 Å². The fourth-order valence-corrected chi connectivity index (χ4v) is 1.34. The minimum atomic E-state index is -0.180. The van der Waals surface area contributed by atoms with Gasteiger partial charge in [0.25, 0.3) is 0 Å². The molecular formula is C9H15NO. The van der Waals surface area contributed by atoms with Crippen molar-refractivity contribution in [1.29, 1.82) is 0 Å². The molecule has 0 aromatic carbocycles. The fraction of sp³-hybridized carbons (Fsp3) is 0.556. The highest BCUT2D eigenvalue weighted by Gasteiger charge is 2.16. The number of hydrogen-bond acceptors (Lipinski definition) is 2. The van der Waals surface area contributed by atoms with Gasteiger partial charge in [0.15, 0.2) is 0 Å². The molecule has 0 aromatic rings. The summed E-state index contributed by atoms with van der Waals surface area (Å²) in [4.78, 5) is 2.07. The molecule has 0 aromatic heterocycles. The summed E-state index contributed by atoms with van der Waals surface area (Å²) < 4.78 is 0. The van der Waals surface area contributed by atoms with Crippen LogP contribution in [-0.4, -0.2) is 29.2 Å². The summed E-state index contributed by atoms with van der Waals surface area (Å²) in [5.74, 6) is 0. The number of rotatable bonds is 2. The molecule has 1 unspecified atom stereocenters. The molecule has 62 valence electrons. The predicted octanol–water partition coefficient (Wildman–Crippen LogP) is 1.14. The van der Waals surface area contributed by atoms with Crippen LogP contribution < -0.4 is 0 Å². The number of piperidine rings is 1. The molecule has 0 aliphatic carbocycles. The summed E-state index contributed by atoms with van der Waals surface area (Å²) in [6.07, 6.45) is 3.52. The number of likely N-dealkylation sites (tertiary alicyclic amines) is 1. The third-order valence-electron chi connectivity index (χ3n) is 2.04. The van der Waals surface area contributed by atoms with E-state index in [1.165, 1.54) is 0 Å². The zero-order chi connectivity index (χ0) is 8.27. The first-order valence-electron chi connectivity index (χ1n) is 3.98. The monoisotopic (exact) mass is 153 g/mol. The lowest BCUT2D eigenvalue weighted by atomic mass is 10.1. The summed E-state index contributed by atoms with van der Waals surface area (Å²) in [5, 5.41) is 9.31. The molecule has 0 bridgehead atoms. The standard InChI is InChI=1S/C9H15NO/c1-3-8(2)10-6-4-5-9(11)7-10/h3,9,11H,1-2,4-7H2. The average Bonchev–Trinajstić information content (AvgIpc) is 2.03. The summed E-state index contributed by atoms with van der Waals surface area (Å²) in [7, 11) is 0. The maximum Gasteiger partial charge on any atom is 0.0715 e. The second-order valence-corrected chi connectivity index (χ2v) is 2.94. The Morgan fingerprint density at radius 3 is 2.91 bits per heavy atom. The predicted molar refractivity (Wildman–Crippen MR) is 46.2 cm³/mol. The Bertz CT molecular complexity index is 165. The number of aliphatic hydroxyl groups excluding tert-OH is 1. The Kier molecular flexibility index (Phi) is 2.71. The Balaban J connectivity index is 2.45. The van der Waals surface area contributed by atoms with Gasteiger partial charge in [0.2, 0.25) is 0 Å². The van der Waals surface area contributed by atoms with Gasteiger partial charge in [-0.25, -0.2) is 0 Å². The molecular weight excluding hydrogens is 138 g/mol. The maximum atomic E-state index is 9.31. The number of allylic oxidation sites excluding steroid dienone is 1. The summed E-state index contributed by atoms with van der Waals surface area (Å²) in [5.41, 5.74) is 0.920. The molecule has 1 atom stereocenters. The first kappa shape index (κ1) is 8.34. The van der Waals surface area contributed by atoms with Crippen molar-refractivity contribution in [3.05, 3.63) is 24.9 Å². The van der Waals surface area contributed by atoms with Gasteiger partial charge in [0.1, 0.15) is 0 Å². The van der Waals surface area contributed by atoms with Gasteiger partial charge in [0, 0.05) is 18.8 Å². The lowest BCUT2D eigenvalue weighted by Gasteiger charge is -2.32. The van der Waals surface area contributed by atoms with Crippen LogP contribution in [0.15, 0.2) is 24.9 Å². The van der Waals surface area contributed by atoms with Gasteiger partial charge in [-0.05, 0) is 18.9 Å². The minimum Gasteiger partial charge on any atom is -0.391 e. The second kappa shape index (κ2) is 3.58. The van der Waals surface area contributed by atoms with E-state index in [9.17, 15) is 5.11 Å². The molecule has 1 heterocycles. The van der Waals surface area contributed by atoms with Crippen LogP contribution in [0.4, 0.5) is 0 Å². The van der Waals surface area contributed by atoms with Crippen molar-refractivity contribution in [1.82, 2.24) is 4.90 Å². The molecule has 1 saturated heterocycles. The lowest BCUT2D eigenvalue weighted by molar-refractivity contribution is 0.0901. The Hall–Kier alpha value is -0.760. The van der Waals surface area contributed by atoms with Crippen molar-refractivity contribution >= 4 is 0 Å². The van der Waals surface area contributed by atoms with E-state index in [1.807, 2.05) is 0 Å². The average molecular weight is 153 g/mol. The highest BCUT2D eigenvalue weighted by molar-refractivity contribution is 5.10. The van der Waals surface area contributed by atoms with E-state index in [-0.39, 0.29) is 6.10 Å². The molecule has 0 amide bonds. The molecule has 2 nitrogen and oxygen atoms in total. The largest absolute Gasteiger partial charge is 0.391 e. The van der Waals surface area contributed by atoms with Gasteiger partial charge in [-0.1, -0.05) is 13.2 Å². The van der Waals surface area contributed by atoms with E-state index in [0.29, 0.717) is 6.54 Å². The van der Waals surface area contributed by atoms with Crippen LogP contribution in [-0.2, 0) is 0 Å². The first-order valence-corrected chi connectivity index (χ1v) is 3.98. The van der Waals surface area contributed by atoms with Gasteiger partial charge in [-0.15, -0.1) is 0 Å². The Morgan fingerprint density at radius 1 is 1.64 bits per heavy atom. The van der Waals surface area contributed by atoms with Crippen molar-refractivity contribution in [2.24, 2.45) is 0 Å². The summed E-state index contributed by atoms with van der Waals surface area (Å²) in [6.45, 7) is 9.18. The third-order valence-corrected chi connectivity index (χ3v) is 2.04. The topological polar surface area (TPSA) is 23.5 Å². The zero-order valence-electron chi connectivity index (χ0n) is 6.79. The normalized spacial score (nSPS) is 24.8. The molecule has 1 fully saturated rings. The van der Waals surface area contributed by atoms with Gasteiger partial charge in [0.05, 0.1) is 6.10 Å². The number of aliphatic hydroxyl groups is 1. The quantitative estimate of drug-likeness (QED) is 0.601. The van der Waals surface area contributed by atoms with Gasteiger partial charge in [-0.3, -0.25) is 0 Å². The number of hydrogen-bond donors (Lipinski definition) is 1. The number of nitrogens with zero attached hydrogens (tertiary/aromatic N) is 1. The van der Waals surface area contributed by atoms with Crippen LogP contribution in [0.3, 0.4) is 0 Å². The first-order chi connectivity index (χ1) is 5.24. The van der Waals surface area contributed by atoms with Crippen LogP contribution in [0.1, 0.15) is 12.8 Å². The molecule has 1 N–H and O–H groups in total. The second-order valence-electron chi connectivity index (χ2n) is 2.94. The molecule has 1 aliphatic rings. The molecule has 0 radical (unpaired) electrons. The van der Waals surface area contributed by atoms with Gasteiger partial charge in [-0.2, -0.15) is 0 Å². The minimum absolute atomic E-state index is 0.180. The van der Waals surface area contributed by atoms with Crippen molar-refractivity contribution in [2.75, 3.05) is 13.1 Å². The van der Waals surface area contributed by atoms with E-state index in [1.54, 1.807) is 6.08 Å². The fourth-order valence-electron chi connectivity index (χ4n) is 1.34. The van der Waals surface area contributed by atoms with E-state index >= 15 is 0 Å². The highest BCUT2D eigenvalue weighted by atomic mass is 16.3. The van der Waals surface area contributed by atoms with Crippen LogP contribution in [0.5, 0.6) is 0 Å². The lowest BCUT2D eigenvalue weighted by Crippen LogP contribution is -2.36. The van der Waals surface area contributed by atoms with Crippen molar-refractivity contribution < 1.29 is 5.11 Å². The maximum absolute atomic E-state index is 9.31. The Morgan fingerprint density at radius 2 is 2.36 bits per heavy atom. The highest BCUT2D eigenvalue weighted by Crippen LogP contribution is 2.14. The number of β-amino-alcohol motifs (C(OH)–C–C–N with tert-alkyl or cyclic N) is 1. The van der Waals surface area contributed by atoms with Gasteiger partial charge < -0.3 is 10.0 Å². The molecule has 1 rings (SSSR count). The molecule has 2 heteroatoms. The summed E-state index contributed by atoms with van der Waals surface area (Å²) >= 11 is 0. The van der Waals surface area contributed by atoms with Crippen LogP contribution >= 0.6 is 0 Å². The molecule has 1 aliphatic heterocycles. The summed E-state index contributed by atoms with van der Waals surface area (Å²) in [6, 6.07) is 0. The molecule has 0 spiro atoms. The van der Waals surface area contributed by atoms with Gasteiger partial charge >= 0.3 is 0 Å².